The minimum Gasteiger partial charge on any atom is -0.383 e. The van der Waals surface area contributed by atoms with Crippen molar-refractivity contribution in [1.29, 1.82) is 0 Å². The summed E-state index contributed by atoms with van der Waals surface area (Å²) in [4.78, 5) is 0. The summed E-state index contributed by atoms with van der Waals surface area (Å²) < 4.78 is 5.21. The average molecular weight is 215 g/mol. The lowest BCUT2D eigenvalue weighted by Crippen LogP contribution is -2.49. The molecule has 0 spiro atoms. The smallest absolute Gasteiger partial charge is 0.0629 e. The van der Waals surface area contributed by atoms with Crippen molar-refractivity contribution in [2.75, 3.05) is 33.4 Å². The maximum Gasteiger partial charge on any atom is 0.0629 e. The van der Waals surface area contributed by atoms with Crippen molar-refractivity contribution in [2.45, 2.75) is 38.1 Å². The van der Waals surface area contributed by atoms with Crippen LogP contribution in [0.4, 0.5) is 0 Å². The molecule has 4 heteroatoms. The molecule has 0 aromatic heterocycles. The minimum absolute atomic E-state index is 0.427. The number of hydrogen-bond acceptors (Lipinski definition) is 4. The third-order valence-corrected chi connectivity index (χ3v) is 2.85. The Morgan fingerprint density at radius 3 is 2.67 bits per heavy atom. The molecule has 0 saturated carbocycles. The van der Waals surface area contributed by atoms with Crippen molar-refractivity contribution in [3.63, 3.8) is 0 Å². The van der Waals surface area contributed by atoms with E-state index >= 15 is 0 Å². The zero-order valence-electron chi connectivity index (χ0n) is 9.87. The van der Waals surface area contributed by atoms with Gasteiger partial charge >= 0.3 is 0 Å². The van der Waals surface area contributed by atoms with Gasteiger partial charge in [-0.2, -0.15) is 0 Å². The Balaban J connectivity index is 2.21. The summed E-state index contributed by atoms with van der Waals surface area (Å²) >= 11 is 0. The first-order valence-corrected chi connectivity index (χ1v) is 6.07. The van der Waals surface area contributed by atoms with Crippen molar-refractivity contribution < 1.29 is 4.74 Å². The molecule has 1 fully saturated rings. The van der Waals surface area contributed by atoms with Gasteiger partial charge in [0, 0.05) is 26.2 Å². The molecule has 0 aromatic carbocycles. The van der Waals surface area contributed by atoms with E-state index in [-0.39, 0.29) is 0 Å². The van der Waals surface area contributed by atoms with Crippen LogP contribution in [0.15, 0.2) is 0 Å². The Morgan fingerprint density at radius 1 is 1.33 bits per heavy atom. The number of rotatable bonds is 7. The Kier molecular flexibility index (Phi) is 6.92. The van der Waals surface area contributed by atoms with E-state index in [1.54, 1.807) is 7.11 Å². The number of nitrogens with zero attached hydrogens (tertiary/aromatic N) is 1. The summed E-state index contributed by atoms with van der Waals surface area (Å²) in [6.45, 7) is 3.88. The molecular weight excluding hydrogens is 190 g/mol. The number of hydrazine groups is 1. The summed E-state index contributed by atoms with van der Waals surface area (Å²) in [6, 6.07) is 0.427. The summed E-state index contributed by atoms with van der Waals surface area (Å²) in [5.41, 5.74) is 9.07. The Morgan fingerprint density at radius 2 is 2.07 bits per heavy atom. The predicted octanol–water partition coefficient (Wildman–Crippen LogP) is 0.731. The molecular formula is C11H25N3O. The van der Waals surface area contributed by atoms with E-state index in [1.165, 1.54) is 32.4 Å². The lowest BCUT2D eigenvalue weighted by molar-refractivity contribution is 0.0792. The van der Waals surface area contributed by atoms with Crippen LogP contribution in [0.25, 0.3) is 0 Å². The van der Waals surface area contributed by atoms with Crippen LogP contribution < -0.4 is 11.2 Å². The number of nitrogens with two attached hydrogens (primary N) is 1. The maximum absolute atomic E-state index is 5.52. The topological polar surface area (TPSA) is 50.5 Å². The monoisotopic (exact) mass is 215 g/mol. The third-order valence-electron chi connectivity index (χ3n) is 2.85. The van der Waals surface area contributed by atoms with Crippen LogP contribution in [-0.2, 0) is 4.74 Å². The molecule has 1 aliphatic rings. The fourth-order valence-corrected chi connectivity index (χ4v) is 2.03. The zero-order chi connectivity index (χ0) is 10.9. The number of ether oxygens (including phenoxy) is 1. The lowest BCUT2D eigenvalue weighted by atomic mass is 10.1. The first-order valence-electron chi connectivity index (χ1n) is 6.07. The molecule has 0 amide bonds. The average Bonchev–Trinajstić information content (AvgIpc) is 2.28. The number of piperidine rings is 1. The molecule has 1 rings (SSSR count). The van der Waals surface area contributed by atoms with Crippen molar-refractivity contribution in [3.8, 4) is 0 Å². The van der Waals surface area contributed by atoms with Crippen molar-refractivity contribution in [2.24, 2.45) is 5.73 Å². The van der Waals surface area contributed by atoms with Crippen molar-refractivity contribution in [1.82, 2.24) is 10.4 Å². The number of methoxy groups -OCH3 is 1. The van der Waals surface area contributed by atoms with Crippen molar-refractivity contribution >= 4 is 0 Å². The zero-order valence-corrected chi connectivity index (χ0v) is 9.87. The highest BCUT2D eigenvalue weighted by atomic mass is 16.5. The van der Waals surface area contributed by atoms with Gasteiger partial charge in [-0.05, 0) is 32.2 Å². The van der Waals surface area contributed by atoms with Gasteiger partial charge in [0.1, 0.15) is 0 Å². The van der Waals surface area contributed by atoms with Gasteiger partial charge in [0.2, 0.25) is 0 Å². The van der Waals surface area contributed by atoms with Gasteiger partial charge in [0.15, 0.2) is 0 Å². The summed E-state index contributed by atoms with van der Waals surface area (Å²) in [6.07, 6.45) is 6.15. The summed E-state index contributed by atoms with van der Waals surface area (Å²) in [7, 11) is 1.76. The molecule has 3 N–H and O–H groups in total. The quantitative estimate of drug-likeness (QED) is 0.657. The second-order valence-electron chi connectivity index (χ2n) is 4.26. The molecule has 90 valence electrons. The minimum atomic E-state index is 0.427. The molecule has 15 heavy (non-hydrogen) atoms. The second-order valence-corrected chi connectivity index (χ2v) is 4.26. The van der Waals surface area contributed by atoms with E-state index in [0.29, 0.717) is 6.04 Å². The summed E-state index contributed by atoms with van der Waals surface area (Å²) in [5, 5.41) is 2.34. The highest BCUT2D eigenvalue weighted by Crippen LogP contribution is 2.07. The van der Waals surface area contributed by atoms with Crippen LogP contribution >= 0.6 is 0 Å². The van der Waals surface area contributed by atoms with E-state index < -0.39 is 0 Å². The Bertz CT molecular complexity index is 149. The van der Waals surface area contributed by atoms with Gasteiger partial charge < -0.3 is 10.5 Å². The highest BCUT2D eigenvalue weighted by molar-refractivity contribution is 4.68. The van der Waals surface area contributed by atoms with E-state index in [4.69, 9.17) is 10.5 Å². The van der Waals surface area contributed by atoms with Crippen LogP contribution in [0.1, 0.15) is 32.1 Å². The first kappa shape index (κ1) is 12.9. The highest BCUT2D eigenvalue weighted by Gasteiger charge is 2.14. The predicted molar refractivity (Wildman–Crippen MR) is 62.5 cm³/mol. The molecule has 0 aromatic rings. The molecule has 0 bridgehead atoms. The van der Waals surface area contributed by atoms with Gasteiger partial charge in [-0.25, -0.2) is 10.4 Å². The molecule has 1 atom stereocenters. The first-order chi connectivity index (χ1) is 7.36. The van der Waals surface area contributed by atoms with Gasteiger partial charge in [0.05, 0.1) is 6.61 Å². The van der Waals surface area contributed by atoms with Crippen molar-refractivity contribution in [3.05, 3.63) is 0 Å². The third kappa shape index (κ3) is 5.47. The summed E-state index contributed by atoms with van der Waals surface area (Å²) in [5.74, 6) is 0. The van der Waals surface area contributed by atoms with Gasteiger partial charge in [-0.1, -0.05) is 6.42 Å². The molecule has 0 radical (unpaired) electrons. The standard InChI is InChI=1S/C11H25N3O/c1-15-10-11(6-5-7-12)13-14-8-3-2-4-9-14/h11,13H,2-10,12H2,1H3. The van der Waals surface area contributed by atoms with Crippen LogP contribution in [-0.4, -0.2) is 44.4 Å². The molecule has 1 unspecified atom stereocenters. The molecule has 1 saturated heterocycles. The number of nitrogens with one attached hydrogen (secondary N) is 1. The largest absolute Gasteiger partial charge is 0.383 e. The fourth-order valence-electron chi connectivity index (χ4n) is 2.03. The normalized spacial score (nSPS) is 20.4. The van der Waals surface area contributed by atoms with Crippen LogP contribution in [0, 0.1) is 0 Å². The van der Waals surface area contributed by atoms with Gasteiger partial charge in [-0.3, -0.25) is 0 Å². The maximum atomic E-state index is 5.52. The Labute approximate surface area is 93.1 Å². The lowest BCUT2D eigenvalue weighted by Gasteiger charge is -2.31. The van der Waals surface area contributed by atoms with Gasteiger partial charge in [-0.15, -0.1) is 0 Å². The van der Waals surface area contributed by atoms with Crippen LogP contribution in [0.3, 0.4) is 0 Å². The van der Waals surface area contributed by atoms with E-state index in [9.17, 15) is 0 Å². The van der Waals surface area contributed by atoms with Gasteiger partial charge in [0.25, 0.3) is 0 Å². The SMILES string of the molecule is COCC(CCCN)NN1CCCCC1. The molecule has 0 aliphatic carbocycles. The molecule has 1 heterocycles. The van der Waals surface area contributed by atoms with Crippen LogP contribution in [0.2, 0.25) is 0 Å². The second kappa shape index (κ2) is 8.05. The Hall–Kier alpha value is -0.160. The van der Waals surface area contributed by atoms with Crippen LogP contribution in [0.5, 0.6) is 0 Å². The van der Waals surface area contributed by atoms with E-state index in [2.05, 4.69) is 10.4 Å². The van der Waals surface area contributed by atoms with E-state index in [0.717, 1.165) is 26.0 Å². The number of hydrogen-bond donors (Lipinski definition) is 2. The molecule has 4 nitrogen and oxygen atoms in total. The fraction of sp³-hybridized carbons (Fsp3) is 1.00. The van der Waals surface area contributed by atoms with E-state index in [1.807, 2.05) is 0 Å². The molecule has 1 aliphatic heterocycles.